The summed E-state index contributed by atoms with van der Waals surface area (Å²) in [6.45, 7) is 3.96. The average Bonchev–Trinajstić information content (AvgIpc) is 2.91. The number of thioether (sulfide) groups is 1. The summed E-state index contributed by atoms with van der Waals surface area (Å²) in [7, 11) is 0. The molecule has 0 aromatic heterocycles. The van der Waals surface area contributed by atoms with Crippen molar-refractivity contribution in [1.82, 2.24) is 16.0 Å². The highest BCUT2D eigenvalue weighted by molar-refractivity contribution is 7.98. The fourth-order valence-electron chi connectivity index (χ4n) is 3.67. The van der Waals surface area contributed by atoms with Gasteiger partial charge in [-0.1, -0.05) is 32.4 Å². The maximum absolute atomic E-state index is 13.3. The molecule has 224 valence electrons. The summed E-state index contributed by atoms with van der Waals surface area (Å²) >= 11 is 1.46. The van der Waals surface area contributed by atoms with Gasteiger partial charge in [-0.15, -0.1) is 0 Å². The Labute approximate surface area is 239 Å². The van der Waals surface area contributed by atoms with Crippen LogP contribution in [-0.2, 0) is 25.6 Å². The Morgan fingerprint density at radius 3 is 2.02 bits per heavy atom. The summed E-state index contributed by atoms with van der Waals surface area (Å²) in [5, 5.41) is 27.0. The van der Waals surface area contributed by atoms with Crippen LogP contribution in [0.5, 0.6) is 5.75 Å². The maximum Gasteiger partial charge on any atom is 0.326 e. The summed E-state index contributed by atoms with van der Waals surface area (Å²) < 4.78 is 0. The summed E-state index contributed by atoms with van der Waals surface area (Å²) in [4.78, 5) is 55.0. The van der Waals surface area contributed by atoms with Gasteiger partial charge in [-0.3, -0.25) is 19.4 Å². The number of nitrogens with two attached hydrogens (primary N) is 3. The van der Waals surface area contributed by atoms with Gasteiger partial charge in [0.25, 0.3) is 0 Å². The van der Waals surface area contributed by atoms with Crippen LogP contribution in [0.3, 0.4) is 0 Å². The standard InChI is InChI=1S/C26H43N7O6S/c1-4-15(2)21(27)24(37)32-18(6-5-12-30-26(28)29)22(35)31-19(11-13-40-3)23(36)33-20(25(38)39)14-16-7-9-17(34)10-8-16/h7-10,15,18-21,34H,4-6,11-14,27H2,1-3H3,(H,31,35)(H,32,37)(H,33,36)(H,38,39)(H4,28,29,30). The number of benzene rings is 1. The van der Waals surface area contributed by atoms with Crippen LogP contribution in [0.4, 0.5) is 0 Å². The molecule has 11 N–H and O–H groups in total. The average molecular weight is 582 g/mol. The first-order valence-corrected chi connectivity index (χ1v) is 14.5. The lowest BCUT2D eigenvalue weighted by Crippen LogP contribution is -2.57. The van der Waals surface area contributed by atoms with Gasteiger partial charge in [0.2, 0.25) is 17.7 Å². The van der Waals surface area contributed by atoms with E-state index in [1.165, 1.54) is 23.9 Å². The van der Waals surface area contributed by atoms with Gasteiger partial charge in [-0.05, 0) is 54.9 Å². The molecule has 5 atom stereocenters. The zero-order chi connectivity index (χ0) is 30.2. The predicted molar refractivity (Wildman–Crippen MR) is 156 cm³/mol. The molecule has 0 aliphatic carbocycles. The number of aliphatic imine (C=N–C) groups is 1. The quantitative estimate of drug-likeness (QED) is 0.0637. The fourth-order valence-corrected chi connectivity index (χ4v) is 4.14. The Balaban J connectivity index is 3.05. The van der Waals surface area contributed by atoms with Crippen LogP contribution in [0.15, 0.2) is 29.3 Å². The van der Waals surface area contributed by atoms with E-state index in [9.17, 15) is 29.4 Å². The molecule has 0 radical (unpaired) electrons. The van der Waals surface area contributed by atoms with E-state index >= 15 is 0 Å². The van der Waals surface area contributed by atoms with E-state index in [1.807, 2.05) is 20.1 Å². The van der Waals surface area contributed by atoms with Crippen molar-refractivity contribution < 1.29 is 29.4 Å². The molecule has 0 bridgehead atoms. The van der Waals surface area contributed by atoms with E-state index in [1.54, 1.807) is 12.1 Å². The number of carboxylic acids is 1. The molecule has 1 aromatic carbocycles. The molecule has 0 spiro atoms. The highest BCUT2D eigenvalue weighted by atomic mass is 32.2. The zero-order valence-corrected chi connectivity index (χ0v) is 24.1. The van der Waals surface area contributed by atoms with Crippen molar-refractivity contribution in [2.45, 2.75) is 70.1 Å². The van der Waals surface area contributed by atoms with Crippen LogP contribution in [-0.4, -0.2) is 82.6 Å². The molecule has 1 aromatic rings. The van der Waals surface area contributed by atoms with Crippen molar-refractivity contribution in [3.8, 4) is 5.75 Å². The number of aromatic hydroxyl groups is 1. The molecule has 5 unspecified atom stereocenters. The topological polar surface area (TPSA) is 235 Å². The van der Waals surface area contributed by atoms with Crippen LogP contribution in [0, 0.1) is 5.92 Å². The SMILES string of the molecule is CCC(C)C(N)C(=O)NC(CCCN=C(N)N)C(=O)NC(CCSC)C(=O)NC(Cc1ccc(O)cc1)C(=O)O. The normalized spacial score (nSPS) is 14.6. The van der Waals surface area contributed by atoms with Gasteiger partial charge in [0.1, 0.15) is 23.9 Å². The largest absolute Gasteiger partial charge is 0.508 e. The molecule has 0 heterocycles. The molecule has 1 rings (SSSR count). The molecule has 13 nitrogen and oxygen atoms in total. The summed E-state index contributed by atoms with van der Waals surface area (Å²) in [5.74, 6) is -2.71. The number of hydrogen-bond donors (Lipinski definition) is 8. The second-order valence-electron chi connectivity index (χ2n) is 9.53. The summed E-state index contributed by atoms with van der Waals surface area (Å²) in [6.07, 6.45) is 3.25. The van der Waals surface area contributed by atoms with Crippen molar-refractivity contribution in [1.29, 1.82) is 0 Å². The molecular weight excluding hydrogens is 538 g/mol. The van der Waals surface area contributed by atoms with Crippen LogP contribution < -0.4 is 33.2 Å². The Morgan fingerprint density at radius 2 is 1.50 bits per heavy atom. The van der Waals surface area contributed by atoms with Crippen molar-refractivity contribution in [2.24, 2.45) is 28.1 Å². The molecule has 3 amide bonds. The number of carboxylic acid groups (broad SMARTS) is 1. The zero-order valence-electron chi connectivity index (χ0n) is 23.3. The molecule has 0 saturated heterocycles. The Kier molecular flexibility index (Phi) is 15.5. The molecule has 40 heavy (non-hydrogen) atoms. The van der Waals surface area contributed by atoms with E-state index in [4.69, 9.17) is 17.2 Å². The van der Waals surface area contributed by atoms with E-state index in [2.05, 4.69) is 20.9 Å². The smallest absolute Gasteiger partial charge is 0.326 e. The second-order valence-corrected chi connectivity index (χ2v) is 10.5. The van der Waals surface area contributed by atoms with Gasteiger partial charge in [-0.2, -0.15) is 11.8 Å². The lowest BCUT2D eigenvalue weighted by Gasteiger charge is -2.26. The predicted octanol–water partition coefficient (Wildman–Crippen LogP) is -0.346. The molecule has 0 fully saturated rings. The number of phenolic OH excluding ortho intramolecular Hbond substituents is 1. The number of nitrogens with one attached hydrogen (secondary N) is 3. The number of carbonyl (C=O) groups is 4. The highest BCUT2D eigenvalue weighted by Gasteiger charge is 2.31. The summed E-state index contributed by atoms with van der Waals surface area (Å²) in [6, 6.07) is 1.79. The van der Waals surface area contributed by atoms with Gasteiger partial charge < -0.3 is 43.4 Å². The molecular formula is C26H43N7O6S. The van der Waals surface area contributed by atoms with Gasteiger partial charge >= 0.3 is 5.97 Å². The Morgan fingerprint density at radius 1 is 0.950 bits per heavy atom. The maximum atomic E-state index is 13.3. The van der Waals surface area contributed by atoms with Gasteiger partial charge in [0.15, 0.2) is 5.96 Å². The molecule has 0 aliphatic heterocycles. The first-order chi connectivity index (χ1) is 18.9. The second kappa shape index (κ2) is 17.9. The minimum Gasteiger partial charge on any atom is -0.508 e. The number of rotatable bonds is 18. The van der Waals surface area contributed by atoms with Gasteiger partial charge in [0, 0.05) is 13.0 Å². The number of amides is 3. The molecule has 14 heteroatoms. The minimum absolute atomic E-state index is 0.0263. The Hall–Kier alpha value is -3.52. The molecule has 0 saturated carbocycles. The van der Waals surface area contributed by atoms with Crippen molar-refractivity contribution in [2.75, 3.05) is 18.6 Å². The third-order valence-electron chi connectivity index (χ3n) is 6.37. The lowest BCUT2D eigenvalue weighted by molar-refractivity contribution is -0.142. The van der Waals surface area contributed by atoms with Crippen LogP contribution in [0.2, 0.25) is 0 Å². The highest BCUT2D eigenvalue weighted by Crippen LogP contribution is 2.12. The minimum atomic E-state index is -1.27. The van der Waals surface area contributed by atoms with Gasteiger partial charge in [0.05, 0.1) is 6.04 Å². The third kappa shape index (κ3) is 12.6. The number of phenols is 1. The lowest BCUT2D eigenvalue weighted by atomic mass is 9.98. The number of nitrogens with zero attached hydrogens (tertiary/aromatic N) is 1. The number of carbonyl (C=O) groups excluding carboxylic acids is 3. The monoisotopic (exact) mass is 581 g/mol. The van der Waals surface area contributed by atoms with Crippen LogP contribution >= 0.6 is 11.8 Å². The molecule has 0 aliphatic rings. The van der Waals surface area contributed by atoms with E-state index < -0.39 is 47.9 Å². The van der Waals surface area contributed by atoms with E-state index in [-0.39, 0.29) is 43.4 Å². The third-order valence-corrected chi connectivity index (χ3v) is 7.02. The fraction of sp³-hybridized carbons (Fsp3) is 0.577. The first kappa shape index (κ1) is 34.5. The van der Waals surface area contributed by atoms with Crippen molar-refractivity contribution >= 4 is 41.4 Å². The van der Waals surface area contributed by atoms with Gasteiger partial charge in [-0.25, -0.2) is 4.79 Å². The summed E-state index contributed by atoms with van der Waals surface area (Å²) in [5.41, 5.74) is 17.4. The first-order valence-electron chi connectivity index (χ1n) is 13.1. The van der Waals surface area contributed by atoms with Crippen LogP contribution in [0.25, 0.3) is 0 Å². The van der Waals surface area contributed by atoms with Crippen molar-refractivity contribution in [3.63, 3.8) is 0 Å². The number of hydrogen-bond acceptors (Lipinski definition) is 8. The van der Waals surface area contributed by atoms with Crippen LogP contribution in [0.1, 0.15) is 45.1 Å². The van der Waals surface area contributed by atoms with E-state index in [0.717, 1.165) is 0 Å². The number of aliphatic carboxylic acids is 1. The Bertz CT molecular complexity index is 1000. The van der Waals surface area contributed by atoms with E-state index in [0.29, 0.717) is 24.2 Å². The van der Waals surface area contributed by atoms with Crippen molar-refractivity contribution in [3.05, 3.63) is 29.8 Å². The number of guanidine groups is 1.